The molecule has 1 heterocycles. The number of thioether (sulfide) groups is 1. The molecule has 1 fully saturated rings. The molecule has 1 aliphatic rings. The third-order valence-corrected chi connectivity index (χ3v) is 4.73. The third kappa shape index (κ3) is 4.12. The van der Waals surface area contributed by atoms with Crippen LogP contribution >= 0.6 is 11.8 Å². The van der Waals surface area contributed by atoms with E-state index in [1.165, 1.54) is 7.11 Å². The first kappa shape index (κ1) is 17.8. The van der Waals surface area contributed by atoms with Crippen molar-refractivity contribution in [1.82, 2.24) is 10.6 Å². The minimum atomic E-state index is -0.639. The number of methoxy groups -OCH3 is 1. The van der Waals surface area contributed by atoms with Gasteiger partial charge in [0.25, 0.3) is 11.8 Å². The van der Waals surface area contributed by atoms with Crippen molar-refractivity contribution in [3.8, 4) is 11.1 Å². The maximum atomic E-state index is 12.4. The van der Waals surface area contributed by atoms with E-state index in [0.717, 1.165) is 29.0 Å². The van der Waals surface area contributed by atoms with Crippen LogP contribution in [0.2, 0.25) is 0 Å². The van der Waals surface area contributed by atoms with Crippen LogP contribution in [0.3, 0.4) is 0 Å². The highest BCUT2D eigenvalue weighted by Gasteiger charge is 2.29. The molecule has 2 aromatic rings. The molecule has 0 unspecified atom stereocenters. The number of carbonyl (C=O) groups is 3. The minimum Gasteiger partial charge on any atom is -0.466 e. The van der Waals surface area contributed by atoms with Gasteiger partial charge in [0.05, 0.1) is 12.0 Å². The second kappa shape index (κ2) is 7.88. The first-order valence-electron chi connectivity index (χ1n) is 7.80. The van der Waals surface area contributed by atoms with Crippen LogP contribution in [0.25, 0.3) is 11.1 Å². The van der Waals surface area contributed by atoms with E-state index in [4.69, 9.17) is 0 Å². The Balaban J connectivity index is 1.65. The molecule has 2 N–H and O–H groups in total. The maximum absolute atomic E-state index is 12.4. The number of benzene rings is 2. The average Bonchev–Trinajstić information content (AvgIpc) is 3.01. The summed E-state index contributed by atoms with van der Waals surface area (Å²) in [4.78, 5) is 35.6. The van der Waals surface area contributed by atoms with Crippen LogP contribution in [-0.4, -0.2) is 30.4 Å². The van der Waals surface area contributed by atoms with E-state index in [-0.39, 0.29) is 10.8 Å². The zero-order valence-corrected chi connectivity index (χ0v) is 14.7. The van der Waals surface area contributed by atoms with E-state index >= 15 is 0 Å². The molecule has 0 spiro atoms. The van der Waals surface area contributed by atoms with Crippen molar-refractivity contribution in [2.24, 2.45) is 0 Å². The van der Waals surface area contributed by atoms with Crippen molar-refractivity contribution in [3.05, 3.63) is 71.1 Å². The Kier molecular flexibility index (Phi) is 5.38. The molecule has 0 bridgehead atoms. The van der Waals surface area contributed by atoms with Gasteiger partial charge in [-0.1, -0.05) is 54.2 Å². The molecular formula is C19H16N2O4S. The van der Waals surface area contributed by atoms with E-state index in [1.807, 2.05) is 42.5 Å². The van der Waals surface area contributed by atoms with E-state index in [2.05, 4.69) is 15.4 Å². The molecule has 2 aromatic carbocycles. The van der Waals surface area contributed by atoms with Gasteiger partial charge in [0.1, 0.15) is 0 Å². The van der Waals surface area contributed by atoms with E-state index in [9.17, 15) is 14.4 Å². The van der Waals surface area contributed by atoms with Gasteiger partial charge in [0.15, 0.2) is 5.50 Å². The Morgan fingerprint density at radius 1 is 1.08 bits per heavy atom. The van der Waals surface area contributed by atoms with Gasteiger partial charge in [0, 0.05) is 11.6 Å². The lowest BCUT2D eigenvalue weighted by Crippen LogP contribution is -2.41. The fraction of sp³-hybridized carbons (Fsp3) is 0.105. The molecule has 3 rings (SSSR count). The summed E-state index contributed by atoms with van der Waals surface area (Å²) in [5, 5.41) is 5.29. The summed E-state index contributed by atoms with van der Waals surface area (Å²) in [6.45, 7) is 0. The highest BCUT2D eigenvalue weighted by atomic mass is 32.2. The van der Waals surface area contributed by atoms with Gasteiger partial charge in [-0.15, -0.1) is 0 Å². The van der Waals surface area contributed by atoms with Crippen molar-refractivity contribution >= 4 is 29.5 Å². The van der Waals surface area contributed by atoms with Crippen molar-refractivity contribution < 1.29 is 19.1 Å². The Morgan fingerprint density at radius 3 is 2.38 bits per heavy atom. The van der Waals surface area contributed by atoms with Gasteiger partial charge in [-0.25, -0.2) is 4.79 Å². The first-order valence-corrected chi connectivity index (χ1v) is 8.68. The number of ether oxygens (including phenoxy) is 1. The molecule has 1 atom stereocenters. The van der Waals surface area contributed by atoms with Crippen LogP contribution in [0.4, 0.5) is 0 Å². The molecule has 0 aliphatic carbocycles. The van der Waals surface area contributed by atoms with Crippen LogP contribution in [0.15, 0.2) is 65.6 Å². The normalized spacial score (nSPS) is 17.7. The van der Waals surface area contributed by atoms with Crippen LogP contribution in [0.5, 0.6) is 0 Å². The smallest absolute Gasteiger partial charge is 0.331 e. The molecule has 1 saturated heterocycles. The van der Waals surface area contributed by atoms with Gasteiger partial charge < -0.3 is 15.4 Å². The first-order chi connectivity index (χ1) is 12.6. The van der Waals surface area contributed by atoms with Crippen LogP contribution in [-0.2, 0) is 14.3 Å². The maximum Gasteiger partial charge on any atom is 0.331 e. The lowest BCUT2D eigenvalue weighted by Gasteiger charge is -2.11. The highest BCUT2D eigenvalue weighted by molar-refractivity contribution is 8.05. The fourth-order valence-electron chi connectivity index (χ4n) is 2.38. The fourth-order valence-corrected chi connectivity index (χ4v) is 3.29. The monoisotopic (exact) mass is 368 g/mol. The van der Waals surface area contributed by atoms with E-state index in [0.29, 0.717) is 5.56 Å². The predicted octanol–water partition coefficient (Wildman–Crippen LogP) is 2.29. The summed E-state index contributed by atoms with van der Waals surface area (Å²) in [6.07, 6.45) is 1.10. The highest BCUT2D eigenvalue weighted by Crippen LogP contribution is 2.26. The summed E-state index contributed by atoms with van der Waals surface area (Å²) < 4.78 is 4.50. The molecule has 7 heteroatoms. The number of amides is 2. The number of hydrogen-bond acceptors (Lipinski definition) is 5. The van der Waals surface area contributed by atoms with Gasteiger partial charge in [-0.2, -0.15) is 0 Å². The number of esters is 1. The zero-order chi connectivity index (χ0) is 18.5. The Hall–Kier alpha value is -3.06. The average molecular weight is 368 g/mol. The molecule has 6 nitrogen and oxygen atoms in total. The van der Waals surface area contributed by atoms with Crippen molar-refractivity contribution in [2.75, 3.05) is 7.11 Å². The molecule has 132 valence electrons. The Labute approximate surface area is 154 Å². The topological polar surface area (TPSA) is 84.5 Å². The SMILES string of the molecule is COC(=O)/C=C1/S[C@@H](NC(=O)c2ccc(-c3ccccc3)cc2)NC1=O. The molecule has 2 amide bonds. The van der Waals surface area contributed by atoms with Crippen LogP contribution in [0.1, 0.15) is 10.4 Å². The number of hydrogen-bond donors (Lipinski definition) is 2. The summed E-state index contributed by atoms with van der Waals surface area (Å²) in [6, 6.07) is 17.0. The number of rotatable bonds is 4. The molecule has 0 saturated carbocycles. The number of carbonyl (C=O) groups excluding carboxylic acids is 3. The summed E-state index contributed by atoms with van der Waals surface area (Å²) in [5.41, 5.74) is 1.91. The summed E-state index contributed by atoms with van der Waals surface area (Å²) in [5.74, 6) is -1.36. The summed E-state index contributed by atoms with van der Waals surface area (Å²) >= 11 is 1.05. The van der Waals surface area contributed by atoms with Crippen molar-refractivity contribution in [2.45, 2.75) is 5.50 Å². The lowest BCUT2D eigenvalue weighted by molar-refractivity contribution is -0.135. The summed E-state index contributed by atoms with van der Waals surface area (Å²) in [7, 11) is 1.23. The molecular weight excluding hydrogens is 352 g/mol. The quantitative estimate of drug-likeness (QED) is 0.639. The Bertz CT molecular complexity index is 863. The standard InChI is InChI=1S/C19H16N2O4S/c1-25-16(22)11-15-18(24)21-19(26-15)20-17(23)14-9-7-13(8-10-14)12-5-3-2-4-6-12/h2-11,19H,1H3,(H,20,23)(H,21,24)/b15-11+/t19-/m0/s1. The Morgan fingerprint density at radius 2 is 1.73 bits per heavy atom. The molecule has 26 heavy (non-hydrogen) atoms. The largest absolute Gasteiger partial charge is 0.466 e. The van der Waals surface area contributed by atoms with Crippen molar-refractivity contribution in [3.63, 3.8) is 0 Å². The van der Waals surface area contributed by atoms with E-state index < -0.39 is 17.4 Å². The van der Waals surface area contributed by atoms with Gasteiger partial charge in [-0.3, -0.25) is 9.59 Å². The molecule has 0 aromatic heterocycles. The van der Waals surface area contributed by atoms with Gasteiger partial charge >= 0.3 is 5.97 Å². The van der Waals surface area contributed by atoms with E-state index in [1.54, 1.807) is 12.1 Å². The molecule has 1 aliphatic heterocycles. The second-order valence-electron chi connectivity index (χ2n) is 5.42. The second-order valence-corrected chi connectivity index (χ2v) is 6.57. The predicted molar refractivity (Wildman–Crippen MR) is 99.0 cm³/mol. The lowest BCUT2D eigenvalue weighted by atomic mass is 10.0. The van der Waals surface area contributed by atoms with Crippen molar-refractivity contribution in [1.29, 1.82) is 0 Å². The third-order valence-electron chi connectivity index (χ3n) is 3.70. The minimum absolute atomic E-state index is 0.196. The zero-order valence-electron chi connectivity index (χ0n) is 13.9. The molecule has 0 radical (unpaired) electrons. The van der Waals surface area contributed by atoms with Crippen LogP contribution in [0, 0.1) is 0 Å². The van der Waals surface area contributed by atoms with Gasteiger partial charge in [-0.05, 0) is 23.3 Å². The number of nitrogens with one attached hydrogen (secondary N) is 2. The van der Waals surface area contributed by atoms with Gasteiger partial charge in [0.2, 0.25) is 0 Å². The van der Waals surface area contributed by atoms with Crippen LogP contribution < -0.4 is 10.6 Å².